The quantitative estimate of drug-likeness (QED) is 0.761. The summed E-state index contributed by atoms with van der Waals surface area (Å²) in [6, 6.07) is 18.6. The van der Waals surface area contributed by atoms with Crippen LogP contribution in [0.5, 0.6) is 0 Å². The van der Waals surface area contributed by atoms with E-state index in [1.807, 2.05) is 30.4 Å². The van der Waals surface area contributed by atoms with E-state index in [4.69, 9.17) is 4.74 Å². The topological polar surface area (TPSA) is 26.3 Å². The second kappa shape index (κ2) is 6.40. The van der Waals surface area contributed by atoms with E-state index in [0.717, 1.165) is 18.4 Å². The van der Waals surface area contributed by atoms with Gasteiger partial charge in [0, 0.05) is 0 Å². The summed E-state index contributed by atoms with van der Waals surface area (Å²) in [5, 5.41) is 0. The van der Waals surface area contributed by atoms with Gasteiger partial charge in [0.2, 0.25) is 0 Å². The average molecular weight is 278 g/mol. The molecule has 0 amide bonds. The van der Waals surface area contributed by atoms with E-state index in [2.05, 4.69) is 36.4 Å². The normalized spacial score (nSPS) is 14.3. The number of ether oxygens (including phenoxy) is 1. The van der Waals surface area contributed by atoms with Crippen molar-refractivity contribution in [3.8, 4) is 11.1 Å². The fourth-order valence-corrected chi connectivity index (χ4v) is 2.17. The Bertz CT molecular complexity index is 622. The molecule has 2 aromatic carbocycles. The Kier molecular flexibility index (Phi) is 4.15. The van der Waals surface area contributed by atoms with Gasteiger partial charge in [-0.1, -0.05) is 60.7 Å². The molecule has 2 aromatic rings. The van der Waals surface area contributed by atoms with Crippen LogP contribution >= 0.6 is 0 Å². The van der Waals surface area contributed by atoms with Gasteiger partial charge in [0.1, 0.15) is 6.61 Å². The molecule has 0 atom stereocenters. The lowest BCUT2D eigenvalue weighted by molar-refractivity contribution is -0.143. The molecule has 0 spiro atoms. The molecule has 3 rings (SSSR count). The summed E-state index contributed by atoms with van der Waals surface area (Å²) in [6.07, 6.45) is 5.85. The number of esters is 1. The third-order valence-electron chi connectivity index (χ3n) is 3.56. The summed E-state index contributed by atoms with van der Waals surface area (Å²) in [5.41, 5.74) is 3.52. The molecule has 1 aliphatic carbocycles. The van der Waals surface area contributed by atoms with Crippen molar-refractivity contribution in [3.05, 3.63) is 66.2 Å². The predicted octanol–water partition coefficient (Wildman–Crippen LogP) is 4.32. The summed E-state index contributed by atoms with van der Waals surface area (Å²) in [6.45, 7) is 0.357. The highest BCUT2D eigenvalue weighted by molar-refractivity contribution is 5.75. The van der Waals surface area contributed by atoms with E-state index in [1.165, 1.54) is 11.1 Å². The number of rotatable bonds is 5. The number of benzene rings is 2. The van der Waals surface area contributed by atoms with Gasteiger partial charge in [-0.25, -0.2) is 0 Å². The largest absolute Gasteiger partial charge is 0.461 e. The van der Waals surface area contributed by atoms with Gasteiger partial charge in [-0.2, -0.15) is 0 Å². The Morgan fingerprint density at radius 1 is 1.00 bits per heavy atom. The zero-order valence-electron chi connectivity index (χ0n) is 11.9. The van der Waals surface area contributed by atoms with E-state index in [1.54, 1.807) is 0 Å². The molecule has 21 heavy (non-hydrogen) atoms. The van der Waals surface area contributed by atoms with Crippen molar-refractivity contribution in [2.45, 2.75) is 12.8 Å². The number of carbonyl (C=O) groups is 1. The zero-order chi connectivity index (χ0) is 14.5. The molecule has 1 fully saturated rings. The predicted molar refractivity (Wildman–Crippen MR) is 84.6 cm³/mol. The molecule has 0 bridgehead atoms. The van der Waals surface area contributed by atoms with Crippen molar-refractivity contribution in [1.82, 2.24) is 0 Å². The molecule has 0 saturated heterocycles. The van der Waals surface area contributed by atoms with Crippen LogP contribution in [0.15, 0.2) is 60.7 Å². The fraction of sp³-hybridized carbons (Fsp3) is 0.211. The van der Waals surface area contributed by atoms with Gasteiger partial charge in [0.15, 0.2) is 0 Å². The monoisotopic (exact) mass is 278 g/mol. The lowest BCUT2D eigenvalue weighted by atomic mass is 10.0. The lowest BCUT2D eigenvalue weighted by Crippen LogP contribution is -2.05. The van der Waals surface area contributed by atoms with Crippen LogP contribution in [0.25, 0.3) is 17.2 Å². The molecule has 0 heterocycles. The summed E-state index contributed by atoms with van der Waals surface area (Å²) >= 11 is 0. The highest BCUT2D eigenvalue weighted by atomic mass is 16.5. The second-order valence-corrected chi connectivity index (χ2v) is 5.29. The Labute approximate surface area is 125 Å². The van der Waals surface area contributed by atoms with Crippen LogP contribution in [0.2, 0.25) is 0 Å². The summed E-state index contributed by atoms with van der Waals surface area (Å²) < 4.78 is 5.15. The number of carbonyl (C=O) groups excluding carboxylic acids is 1. The maximum atomic E-state index is 11.4. The van der Waals surface area contributed by atoms with Crippen molar-refractivity contribution >= 4 is 12.0 Å². The molecule has 0 N–H and O–H groups in total. The molecule has 0 aromatic heterocycles. The number of hydrogen-bond donors (Lipinski definition) is 0. The molecule has 2 heteroatoms. The van der Waals surface area contributed by atoms with E-state index in [9.17, 15) is 4.79 Å². The Morgan fingerprint density at radius 3 is 2.33 bits per heavy atom. The van der Waals surface area contributed by atoms with Gasteiger partial charge in [-0.3, -0.25) is 4.79 Å². The van der Waals surface area contributed by atoms with Gasteiger partial charge in [-0.05, 0) is 35.6 Å². The molecule has 0 aliphatic heterocycles. The Morgan fingerprint density at radius 2 is 1.67 bits per heavy atom. The van der Waals surface area contributed by atoms with Crippen molar-refractivity contribution in [3.63, 3.8) is 0 Å². The minimum atomic E-state index is -0.0564. The van der Waals surface area contributed by atoms with Crippen LogP contribution < -0.4 is 0 Å². The van der Waals surface area contributed by atoms with Gasteiger partial charge in [-0.15, -0.1) is 0 Å². The first-order valence-electron chi connectivity index (χ1n) is 7.31. The van der Waals surface area contributed by atoms with Gasteiger partial charge < -0.3 is 4.74 Å². The highest BCUT2D eigenvalue weighted by Gasteiger charge is 2.30. The first kappa shape index (κ1) is 13.6. The molecular weight excluding hydrogens is 260 g/mol. The minimum Gasteiger partial charge on any atom is -0.461 e. The molecule has 106 valence electrons. The van der Waals surface area contributed by atoms with Crippen LogP contribution in [0.4, 0.5) is 0 Å². The van der Waals surface area contributed by atoms with E-state index in [-0.39, 0.29) is 11.9 Å². The standard InChI is InChI=1S/C19H18O2/c20-19(18-12-13-18)21-14-4-5-15-8-10-17(11-9-15)16-6-2-1-3-7-16/h1-11,18H,12-14H2. The Hall–Kier alpha value is -2.35. The maximum Gasteiger partial charge on any atom is 0.309 e. The van der Waals surface area contributed by atoms with Crippen molar-refractivity contribution < 1.29 is 9.53 Å². The third kappa shape index (κ3) is 3.82. The molecule has 0 unspecified atom stereocenters. The first-order chi connectivity index (χ1) is 10.3. The molecule has 1 aliphatic rings. The maximum absolute atomic E-state index is 11.4. The Balaban J connectivity index is 1.55. The first-order valence-corrected chi connectivity index (χ1v) is 7.31. The fourth-order valence-electron chi connectivity index (χ4n) is 2.17. The number of hydrogen-bond acceptors (Lipinski definition) is 2. The van der Waals surface area contributed by atoms with Crippen molar-refractivity contribution in [2.24, 2.45) is 5.92 Å². The minimum absolute atomic E-state index is 0.0564. The SMILES string of the molecule is O=C(OCC=Cc1ccc(-c2ccccc2)cc1)C1CC1. The lowest BCUT2D eigenvalue weighted by Gasteiger charge is -2.02. The highest BCUT2D eigenvalue weighted by Crippen LogP contribution is 2.30. The van der Waals surface area contributed by atoms with Gasteiger partial charge in [0.25, 0.3) is 0 Å². The molecule has 1 saturated carbocycles. The van der Waals surface area contributed by atoms with E-state index < -0.39 is 0 Å². The van der Waals surface area contributed by atoms with Crippen LogP contribution in [0, 0.1) is 5.92 Å². The van der Waals surface area contributed by atoms with Gasteiger partial charge in [0.05, 0.1) is 5.92 Å². The van der Waals surface area contributed by atoms with Crippen LogP contribution in [0.3, 0.4) is 0 Å². The average Bonchev–Trinajstić information content (AvgIpc) is 3.38. The van der Waals surface area contributed by atoms with Crippen LogP contribution in [-0.4, -0.2) is 12.6 Å². The smallest absolute Gasteiger partial charge is 0.309 e. The third-order valence-corrected chi connectivity index (χ3v) is 3.56. The van der Waals surface area contributed by atoms with Crippen LogP contribution in [0.1, 0.15) is 18.4 Å². The van der Waals surface area contributed by atoms with Crippen molar-refractivity contribution in [1.29, 1.82) is 0 Å². The van der Waals surface area contributed by atoms with Gasteiger partial charge >= 0.3 is 5.97 Å². The molecule has 0 radical (unpaired) electrons. The summed E-state index contributed by atoms with van der Waals surface area (Å²) in [4.78, 5) is 11.4. The molecule has 2 nitrogen and oxygen atoms in total. The zero-order valence-corrected chi connectivity index (χ0v) is 11.9. The summed E-state index contributed by atoms with van der Waals surface area (Å²) in [7, 11) is 0. The molecular formula is C19H18O2. The summed E-state index contributed by atoms with van der Waals surface area (Å²) in [5.74, 6) is 0.114. The van der Waals surface area contributed by atoms with E-state index >= 15 is 0 Å². The van der Waals surface area contributed by atoms with Crippen LogP contribution in [-0.2, 0) is 9.53 Å². The van der Waals surface area contributed by atoms with E-state index in [0.29, 0.717) is 6.61 Å². The van der Waals surface area contributed by atoms with Crippen molar-refractivity contribution in [2.75, 3.05) is 6.61 Å². The second-order valence-electron chi connectivity index (χ2n) is 5.29.